The fourth-order valence-electron chi connectivity index (χ4n) is 3.57. The highest BCUT2D eigenvalue weighted by Crippen LogP contribution is 2.29. The molecule has 1 amide bonds. The normalized spacial score (nSPS) is 14.6. The van der Waals surface area contributed by atoms with Gasteiger partial charge in [0.1, 0.15) is 5.75 Å². The maximum atomic E-state index is 13.1. The third-order valence-electron chi connectivity index (χ3n) is 4.92. The van der Waals surface area contributed by atoms with Crippen molar-refractivity contribution >= 4 is 32.5 Å². The molecule has 8 heteroatoms. The van der Waals surface area contributed by atoms with Gasteiger partial charge in [0.15, 0.2) is 0 Å². The van der Waals surface area contributed by atoms with Crippen LogP contribution in [0.3, 0.4) is 0 Å². The van der Waals surface area contributed by atoms with Gasteiger partial charge in [-0.05, 0) is 48.5 Å². The van der Waals surface area contributed by atoms with Crippen molar-refractivity contribution in [1.82, 2.24) is 8.87 Å². The molecule has 0 aliphatic carbocycles. The maximum Gasteiger partial charge on any atom is 0.243 e. The second kappa shape index (κ2) is 6.96. The lowest BCUT2D eigenvalue weighted by Crippen LogP contribution is -2.37. The summed E-state index contributed by atoms with van der Waals surface area (Å²) in [4.78, 5) is 11.3. The van der Waals surface area contributed by atoms with Crippen LogP contribution in [0.25, 0.3) is 10.9 Å². The first-order valence-corrected chi connectivity index (χ1v) is 10.4. The molecule has 0 fully saturated rings. The first-order valence-electron chi connectivity index (χ1n) is 8.92. The number of amides is 1. The summed E-state index contributed by atoms with van der Waals surface area (Å²) in [5.41, 5.74) is 2.60. The van der Waals surface area contributed by atoms with E-state index in [0.717, 1.165) is 22.3 Å². The summed E-state index contributed by atoms with van der Waals surface area (Å²) >= 11 is 0. The molecule has 4 rings (SSSR count). The van der Waals surface area contributed by atoms with E-state index in [0.29, 0.717) is 25.3 Å². The summed E-state index contributed by atoms with van der Waals surface area (Å²) in [6.07, 6.45) is 0. The van der Waals surface area contributed by atoms with Gasteiger partial charge >= 0.3 is 0 Å². The number of nitrogens with zero attached hydrogens (tertiary/aromatic N) is 2. The van der Waals surface area contributed by atoms with E-state index in [4.69, 9.17) is 4.74 Å². The Kier molecular flexibility index (Phi) is 4.60. The van der Waals surface area contributed by atoms with Crippen LogP contribution < -0.4 is 10.1 Å². The summed E-state index contributed by atoms with van der Waals surface area (Å²) in [6.45, 7) is 2.72. The number of carbonyl (C=O) groups excluding carboxylic acids is 1. The van der Waals surface area contributed by atoms with E-state index < -0.39 is 10.0 Å². The Morgan fingerprint density at radius 3 is 2.50 bits per heavy atom. The minimum atomic E-state index is -3.62. The Morgan fingerprint density at radius 1 is 1.07 bits per heavy atom. The molecule has 2 aromatic carbocycles. The Balaban J connectivity index is 1.61. The van der Waals surface area contributed by atoms with Crippen molar-refractivity contribution in [1.29, 1.82) is 0 Å². The number of nitrogens with one attached hydrogen (secondary N) is 1. The summed E-state index contributed by atoms with van der Waals surface area (Å²) in [5.74, 6) is 0.579. The summed E-state index contributed by atoms with van der Waals surface area (Å²) < 4.78 is 35.0. The maximum absolute atomic E-state index is 13.1. The van der Waals surface area contributed by atoms with Crippen molar-refractivity contribution < 1.29 is 17.9 Å². The second-order valence-electron chi connectivity index (χ2n) is 6.76. The molecule has 0 saturated carbocycles. The second-order valence-corrected chi connectivity index (χ2v) is 8.69. The van der Waals surface area contributed by atoms with Crippen LogP contribution in [0.2, 0.25) is 0 Å². The first-order chi connectivity index (χ1) is 13.4. The molecule has 0 bridgehead atoms. The van der Waals surface area contributed by atoms with Crippen LogP contribution in [0.4, 0.5) is 5.69 Å². The Hall–Kier alpha value is -2.84. The van der Waals surface area contributed by atoms with Gasteiger partial charge in [-0.25, -0.2) is 8.42 Å². The molecule has 0 spiro atoms. The van der Waals surface area contributed by atoms with Gasteiger partial charge in [0, 0.05) is 42.3 Å². The van der Waals surface area contributed by atoms with Crippen LogP contribution in [-0.2, 0) is 27.9 Å². The lowest BCUT2D eigenvalue weighted by Gasteiger charge is -2.28. The van der Waals surface area contributed by atoms with Crippen LogP contribution >= 0.6 is 0 Å². The number of hydrogen-bond acceptors (Lipinski definition) is 4. The lowest BCUT2D eigenvalue weighted by molar-refractivity contribution is -0.114. The minimum Gasteiger partial charge on any atom is -0.497 e. The van der Waals surface area contributed by atoms with Crippen molar-refractivity contribution in [3.8, 4) is 5.75 Å². The molecule has 2 heterocycles. The monoisotopic (exact) mass is 399 g/mol. The average Bonchev–Trinajstić information content (AvgIpc) is 3.04. The van der Waals surface area contributed by atoms with E-state index in [2.05, 4.69) is 9.88 Å². The molecule has 0 radical (unpaired) electrons. The summed E-state index contributed by atoms with van der Waals surface area (Å²) in [7, 11) is -1.99. The van der Waals surface area contributed by atoms with Crippen molar-refractivity contribution in [2.45, 2.75) is 24.9 Å². The van der Waals surface area contributed by atoms with Crippen molar-refractivity contribution in [3.05, 3.63) is 54.2 Å². The van der Waals surface area contributed by atoms with Crippen molar-refractivity contribution in [2.75, 3.05) is 19.0 Å². The fourth-order valence-corrected chi connectivity index (χ4v) is 4.97. The number of benzene rings is 2. The predicted octanol–water partition coefficient (Wildman–Crippen LogP) is 2.81. The molecule has 3 aromatic rings. The SMILES string of the molecule is COc1ccc2c(c1)cc1n2CCN(S(=O)(=O)c2ccc(NC(C)=O)cc2)C1. The number of hydrogen-bond donors (Lipinski definition) is 1. The lowest BCUT2D eigenvalue weighted by atomic mass is 10.2. The first kappa shape index (κ1) is 18.5. The predicted molar refractivity (Wildman–Crippen MR) is 107 cm³/mol. The number of fused-ring (bicyclic) bond motifs is 3. The van der Waals surface area contributed by atoms with Gasteiger partial charge in [-0.2, -0.15) is 4.31 Å². The van der Waals surface area contributed by atoms with Crippen LogP contribution in [0, 0.1) is 0 Å². The van der Waals surface area contributed by atoms with E-state index in [1.165, 1.54) is 23.4 Å². The largest absolute Gasteiger partial charge is 0.497 e. The number of carbonyl (C=O) groups is 1. The van der Waals surface area contributed by atoms with Gasteiger partial charge in [-0.1, -0.05) is 0 Å². The van der Waals surface area contributed by atoms with Crippen LogP contribution in [0.1, 0.15) is 12.6 Å². The van der Waals surface area contributed by atoms with Crippen LogP contribution in [-0.4, -0.2) is 36.9 Å². The van der Waals surface area contributed by atoms with Crippen LogP contribution in [0.5, 0.6) is 5.75 Å². The highest BCUT2D eigenvalue weighted by atomic mass is 32.2. The van der Waals surface area contributed by atoms with Gasteiger partial charge < -0.3 is 14.6 Å². The number of methoxy groups -OCH3 is 1. The van der Waals surface area contributed by atoms with E-state index in [9.17, 15) is 13.2 Å². The third kappa shape index (κ3) is 3.25. The molecular formula is C20H21N3O4S. The molecular weight excluding hydrogens is 378 g/mol. The van der Waals surface area contributed by atoms with E-state index in [-0.39, 0.29) is 10.8 Å². The van der Waals surface area contributed by atoms with Crippen molar-refractivity contribution in [3.63, 3.8) is 0 Å². The average molecular weight is 399 g/mol. The number of ether oxygens (including phenoxy) is 1. The Labute approximate surface area is 163 Å². The molecule has 0 atom stereocenters. The van der Waals surface area contributed by atoms with Gasteiger partial charge in [0.2, 0.25) is 15.9 Å². The fraction of sp³-hybridized carbons (Fsp3) is 0.250. The standard InChI is InChI=1S/C20H21N3O4S/c1-14(24)21-16-3-6-19(7-4-16)28(25,26)22-9-10-23-17(13-22)11-15-12-18(27-2)5-8-20(15)23/h3-8,11-12H,9-10,13H2,1-2H3,(H,21,24). The molecule has 1 aliphatic heterocycles. The number of rotatable bonds is 4. The molecule has 0 unspecified atom stereocenters. The smallest absolute Gasteiger partial charge is 0.243 e. The highest BCUT2D eigenvalue weighted by molar-refractivity contribution is 7.89. The number of anilines is 1. The topological polar surface area (TPSA) is 80.6 Å². The Bertz CT molecular complexity index is 1150. The molecule has 1 aliphatic rings. The van der Waals surface area contributed by atoms with Gasteiger partial charge in [-0.15, -0.1) is 0 Å². The molecule has 0 saturated heterocycles. The Morgan fingerprint density at radius 2 is 1.82 bits per heavy atom. The highest BCUT2D eigenvalue weighted by Gasteiger charge is 2.29. The molecule has 1 aromatic heterocycles. The third-order valence-corrected chi connectivity index (χ3v) is 6.78. The molecule has 146 valence electrons. The quantitative estimate of drug-likeness (QED) is 0.732. The molecule has 1 N–H and O–H groups in total. The minimum absolute atomic E-state index is 0.198. The molecule has 7 nitrogen and oxygen atoms in total. The number of aromatic nitrogens is 1. The summed E-state index contributed by atoms with van der Waals surface area (Å²) in [5, 5.41) is 3.67. The zero-order valence-corrected chi connectivity index (χ0v) is 16.5. The molecule has 28 heavy (non-hydrogen) atoms. The van der Waals surface area contributed by atoms with Gasteiger partial charge in [0.25, 0.3) is 0 Å². The van der Waals surface area contributed by atoms with Gasteiger partial charge in [0.05, 0.1) is 18.6 Å². The van der Waals surface area contributed by atoms with E-state index in [1.54, 1.807) is 19.2 Å². The van der Waals surface area contributed by atoms with E-state index >= 15 is 0 Å². The van der Waals surface area contributed by atoms with Crippen molar-refractivity contribution in [2.24, 2.45) is 0 Å². The van der Waals surface area contributed by atoms with Crippen LogP contribution in [0.15, 0.2) is 53.4 Å². The zero-order chi connectivity index (χ0) is 19.9. The van der Waals surface area contributed by atoms with Gasteiger partial charge in [-0.3, -0.25) is 4.79 Å². The van der Waals surface area contributed by atoms with E-state index in [1.807, 2.05) is 24.3 Å². The summed E-state index contributed by atoms with van der Waals surface area (Å²) in [6, 6.07) is 14.1. The zero-order valence-electron chi connectivity index (χ0n) is 15.7. The number of sulfonamides is 1.